The van der Waals surface area contributed by atoms with E-state index in [1.165, 1.54) is 19.3 Å². The maximum absolute atomic E-state index is 11.8. The fourth-order valence-electron chi connectivity index (χ4n) is 2.48. The van der Waals surface area contributed by atoms with Gasteiger partial charge in [-0.2, -0.15) is 0 Å². The number of rotatable bonds is 3. The molecule has 0 heterocycles. The van der Waals surface area contributed by atoms with Gasteiger partial charge in [0.2, 0.25) is 5.91 Å². The summed E-state index contributed by atoms with van der Waals surface area (Å²) in [5.74, 6) is 0.890. The van der Waals surface area contributed by atoms with E-state index in [2.05, 4.69) is 12.2 Å². The summed E-state index contributed by atoms with van der Waals surface area (Å²) < 4.78 is 0. The summed E-state index contributed by atoms with van der Waals surface area (Å²) in [6, 6.07) is 0.386. The minimum absolute atomic E-state index is 0. The first kappa shape index (κ1) is 13.8. The zero-order valence-corrected chi connectivity index (χ0v) is 10.8. The van der Waals surface area contributed by atoms with Crippen LogP contribution in [0.25, 0.3) is 0 Å². The van der Waals surface area contributed by atoms with Gasteiger partial charge in [-0.3, -0.25) is 4.79 Å². The number of amides is 1. The van der Waals surface area contributed by atoms with Crippen LogP contribution in [-0.2, 0) is 4.79 Å². The van der Waals surface area contributed by atoms with Gasteiger partial charge < -0.3 is 11.1 Å². The summed E-state index contributed by atoms with van der Waals surface area (Å²) in [6.45, 7) is 2.24. The van der Waals surface area contributed by atoms with E-state index in [-0.39, 0.29) is 18.3 Å². The van der Waals surface area contributed by atoms with Gasteiger partial charge in [-0.25, -0.2) is 0 Å². The largest absolute Gasteiger partial charge is 0.352 e. The van der Waals surface area contributed by atoms with Crippen molar-refractivity contribution in [2.24, 2.45) is 11.7 Å². The minimum atomic E-state index is -0.501. The molecule has 3 N–H and O–H groups in total. The lowest BCUT2D eigenvalue weighted by atomic mass is 9.84. The number of carbonyl (C=O) groups is 1. The van der Waals surface area contributed by atoms with Gasteiger partial charge >= 0.3 is 0 Å². The maximum Gasteiger partial charge on any atom is 0.240 e. The molecule has 0 radical (unpaired) electrons. The molecular formula is C12H23ClN2O. The standard InChI is InChI=1S/C12H22N2O.ClH/c1-2-9-4-3-5-10(8-9)14-11(15)12(13)6-7-12;/h9-10H,2-8,13H2,1H3,(H,14,15);1H. The van der Waals surface area contributed by atoms with Crippen molar-refractivity contribution in [2.45, 2.75) is 63.5 Å². The normalized spacial score (nSPS) is 31.4. The second-order valence-corrected chi connectivity index (χ2v) is 5.27. The Kier molecular flexibility index (Phi) is 4.62. The van der Waals surface area contributed by atoms with Gasteiger partial charge in [0, 0.05) is 6.04 Å². The molecule has 0 aromatic heterocycles. The van der Waals surface area contributed by atoms with Crippen molar-refractivity contribution in [3.05, 3.63) is 0 Å². The van der Waals surface area contributed by atoms with Gasteiger partial charge in [-0.05, 0) is 31.6 Å². The van der Waals surface area contributed by atoms with Crippen molar-refractivity contribution in [1.82, 2.24) is 5.32 Å². The molecule has 0 aromatic carbocycles. The monoisotopic (exact) mass is 246 g/mol. The Labute approximate surface area is 104 Å². The van der Waals surface area contributed by atoms with Crippen LogP contribution < -0.4 is 11.1 Å². The quantitative estimate of drug-likeness (QED) is 0.800. The third kappa shape index (κ3) is 3.11. The molecule has 2 rings (SSSR count). The molecule has 2 saturated carbocycles. The van der Waals surface area contributed by atoms with Crippen molar-refractivity contribution in [1.29, 1.82) is 0 Å². The highest BCUT2D eigenvalue weighted by molar-refractivity contribution is 5.89. The lowest BCUT2D eigenvalue weighted by molar-refractivity contribution is -0.124. The van der Waals surface area contributed by atoms with Crippen molar-refractivity contribution in [3.8, 4) is 0 Å². The van der Waals surface area contributed by atoms with E-state index in [1.54, 1.807) is 0 Å². The average Bonchev–Trinajstić information content (AvgIpc) is 2.98. The summed E-state index contributed by atoms with van der Waals surface area (Å²) in [4.78, 5) is 11.8. The summed E-state index contributed by atoms with van der Waals surface area (Å²) in [7, 11) is 0. The fraction of sp³-hybridized carbons (Fsp3) is 0.917. The molecule has 16 heavy (non-hydrogen) atoms. The Bertz CT molecular complexity index is 253. The lowest BCUT2D eigenvalue weighted by Gasteiger charge is -2.29. The van der Waals surface area contributed by atoms with E-state index in [1.807, 2.05) is 0 Å². The van der Waals surface area contributed by atoms with Gasteiger partial charge in [0.05, 0.1) is 5.54 Å². The number of hydrogen-bond acceptors (Lipinski definition) is 2. The molecule has 2 unspecified atom stereocenters. The molecule has 0 aliphatic heterocycles. The van der Waals surface area contributed by atoms with Crippen molar-refractivity contribution < 1.29 is 4.79 Å². The first-order valence-electron chi connectivity index (χ1n) is 6.24. The second-order valence-electron chi connectivity index (χ2n) is 5.27. The molecule has 0 aromatic rings. The molecular weight excluding hydrogens is 224 g/mol. The number of nitrogens with one attached hydrogen (secondary N) is 1. The predicted octanol–water partition coefficient (Wildman–Crippen LogP) is 1.98. The van der Waals surface area contributed by atoms with Gasteiger partial charge in [0.25, 0.3) is 0 Å². The first-order chi connectivity index (χ1) is 7.14. The Balaban J connectivity index is 0.00000128. The third-order valence-corrected chi connectivity index (χ3v) is 3.94. The van der Waals surface area contributed by atoms with E-state index >= 15 is 0 Å². The number of nitrogens with two attached hydrogens (primary N) is 1. The van der Waals surface area contributed by atoms with Crippen LogP contribution in [0.15, 0.2) is 0 Å². The third-order valence-electron chi connectivity index (χ3n) is 3.94. The molecule has 2 fully saturated rings. The molecule has 0 bridgehead atoms. The van der Waals surface area contributed by atoms with Crippen LogP contribution in [0.2, 0.25) is 0 Å². The first-order valence-corrected chi connectivity index (χ1v) is 6.24. The van der Waals surface area contributed by atoms with E-state index in [0.29, 0.717) is 6.04 Å². The van der Waals surface area contributed by atoms with Crippen LogP contribution >= 0.6 is 12.4 Å². The van der Waals surface area contributed by atoms with Gasteiger partial charge in [0.1, 0.15) is 0 Å². The molecule has 0 spiro atoms. The molecule has 2 atom stereocenters. The Morgan fingerprint density at radius 2 is 2.12 bits per heavy atom. The molecule has 4 heteroatoms. The molecule has 2 aliphatic rings. The number of hydrogen-bond donors (Lipinski definition) is 2. The molecule has 1 amide bonds. The predicted molar refractivity (Wildman–Crippen MR) is 67.6 cm³/mol. The summed E-state index contributed by atoms with van der Waals surface area (Å²) in [5, 5.41) is 3.12. The van der Waals surface area contributed by atoms with Crippen LogP contribution in [-0.4, -0.2) is 17.5 Å². The zero-order valence-electron chi connectivity index (χ0n) is 10.00. The Morgan fingerprint density at radius 3 is 2.69 bits per heavy atom. The van der Waals surface area contributed by atoms with Gasteiger partial charge in [-0.1, -0.05) is 26.2 Å². The zero-order chi connectivity index (χ0) is 10.9. The fourth-order valence-corrected chi connectivity index (χ4v) is 2.48. The van der Waals surface area contributed by atoms with Crippen molar-refractivity contribution >= 4 is 18.3 Å². The van der Waals surface area contributed by atoms with Crippen LogP contribution in [0.1, 0.15) is 51.9 Å². The molecule has 2 aliphatic carbocycles. The van der Waals surface area contributed by atoms with E-state index in [4.69, 9.17) is 5.73 Å². The molecule has 94 valence electrons. The smallest absolute Gasteiger partial charge is 0.240 e. The number of halogens is 1. The van der Waals surface area contributed by atoms with E-state index < -0.39 is 5.54 Å². The summed E-state index contributed by atoms with van der Waals surface area (Å²) in [6.07, 6.45) is 7.83. The molecule has 0 saturated heterocycles. The van der Waals surface area contributed by atoms with E-state index in [9.17, 15) is 4.79 Å². The second kappa shape index (κ2) is 5.37. The van der Waals surface area contributed by atoms with Crippen LogP contribution in [0.5, 0.6) is 0 Å². The highest BCUT2D eigenvalue weighted by Crippen LogP contribution is 2.33. The Hall–Kier alpha value is -0.280. The van der Waals surface area contributed by atoms with Crippen molar-refractivity contribution in [2.75, 3.05) is 0 Å². The van der Waals surface area contributed by atoms with E-state index in [0.717, 1.165) is 31.6 Å². The average molecular weight is 247 g/mol. The van der Waals surface area contributed by atoms with Crippen LogP contribution in [0, 0.1) is 5.92 Å². The SMILES string of the molecule is CCC1CCCC(NC(=O)C2(N)CC2)C1.Cl. The topological polar surface area (TPSA) is 55.1 Å². The summed E-state index contributed by atoms with van der Waals surface area (Å²) in [5.41, 5.74) is 5.36. The Morgan fingerprint density at radius 1 is 1.44 bits per heavy atom. The highest BCUT2D eigenvalue weighted by Gasteiger charge is 2.46. The van der Waals surface area contributed by atoms with Gasteiger partial charge in [0.15, 0.2) is 0 Å². The molecule has 3 nitrogen and oxygen atoms in total. The highest BCUT2D eigenvalue weighted by atomic mass is 35.5. The van der Waals surface area contributed by atoms with Crippen LogP contribution in [0.4, 0.5) is 0 Å². The lowest BCUT2D eigenvalue weighted by Crippen LogP contribution is -2.48. The van der Waals surface area contributed by atoms with Gasteiger partial charge in [-0.15, -0.1) is 12.4 Å². The summed E-state index contributed by atoms with van der Waals surface area (Å²) >= 11 is 0. The number of carbonyl (C=O) groups excluding carboxylic acids is 1. The maximum atomic E-state index is 11.8. The minimum Gasteiger partial charge on any atom is -0.352 e. The van der Waals surface area contributed by atoms with Crippen LogP contribution in [0.3, 0.4) is 0 Å². The van der Waals surface area contributed by atoms with Crippen molar-refractivity contribution in [3.63, 3.8) is 0 Å².